The van der Waals surface area contributed by atoms with E-state index in [1.807, 2.05) is 0 Å². The summed E-state index contributed by atoms with van der Waals surface area (Å²) in [6.07, 6.45) is 0.282. The van der Waals surface area contributed by atoms with Crippen molar-refractivity contribution in [2.45, 2.75) is 38.0 Å². The molecule has 2 saturated heterocycles. The van der Waals surface area contributed by atoms with Crippen LogP contribution in [0.25, 0.3) is 0 Å². The Morgan fingerprint density at radius 1 is 1.55 bits per heavy atom. The van der Waals surface area contributed by atoms with Crippen LogP contribution in [-0.4, -0.2) is 66.1 Å². The first kappa shape index (κ1) is 16.9. The third-order valence-electron chi connectivity index (χ3n) is 3.49. The molecule has 22 heavy (non-hydrogen) atoms. The molecule has 2 aliphatic heterocycles. The van der Waals surface area contributed by atoms with Crippen LogP contribution in [0.2, 0.25) is 0 Å². The van der Waals surface area contributed by atoms with Crippen molar-refractivity contribution < 1.29 is 31.7 Å². The maximum atomic E-state index is 12.1. The minimum absolute atomic E-state index is 0.124. The molecule has 0 unspecified atom stereocenters. The molecule has 4 N–H and O–H groups in total. The Hall–Kier alpha value is -1.47. The second-order valence-electron chi connectivity index (χ2n) is 5.14. The molecule has 2 aliphatic rings. The standard InChI is InChI=1S/C10H18N4O7S/c1-6(4-11)20-12-9(15)8-3-2-7-5-13(8)10(16)14(7)21-22(17,18)19/h6-8H,2-5,11H2,1H3,(H,12,15)(H,17,18,19)/t6-,7+,8-/m0/s1. The van der Waals surface area contributed by atoms with E-state index in [-0.39, 0.29) is 19.2 Å². The largest absolute Gasteiger partial charge is 0.418 e. The van der Waals surface area contributed by atoms with Crippen LogP contribution in [0.4, 0.5) is 4.79 Å². The number of hydrogen-bond acceptors (Lipinski definition) is 7. The van der Waals surface area contributed by atoms with Crippen molar-refractivity contribution >= 4 is 22.3 Å². The number of nitrogens with one attached hydrogen (secondary N) is 1. The number of carbonyl (C=O) groups excluding carboxylic acids is 2. The number of nitrogens with two attached hydrogens (primary N) is 1. The summed E-state index contributed by atoms with van der Waals surface area (Å²) in [5, 5.41) is 0.575. The monoisotopic (exact) mass is 338 g/mol. The maximum absolute atomic E-state index is 12.1. The second kappa shape index (κ2) is 6.34. The van der Waals surface area contributed by atoms with Crippen LogP contribution in [-0.2, 0) is 24.3 Å². The molecule has 0 spiro atoms. The summed E-state index contributed by atoms with van der Waals surface area (Å²) < 4.78 is 34.5. The molecule has 2 heterocycles. The van der Waals surface area contributed by atoms with Crippen molar-refractivity contribution in [2.75, 3.05) is 13.1 Å². The predicted molar refractivity (Wildman–Crippen MR) is 71.1 cm³/mol. The van der Waals surface area contributed by atoms with Crippen molar-refractivity contribution in [3.63, 3.8) is 0 Å². The summed E-state index contributed by atoms with van der Waals surface area (Å²) in [4.78, 5) is 30.3. The van der Waals surface area contributed by atoms with Crippen molar-refractivity contribution in [1.82, 2.24) is 15.4 Å². The smallest absolute Gasteiger partial charge is 0.328 e. The lowest BCUT2D eigenvalue weighted by Gasteiger charge is -2.29. The van der Waals surface area contributed by atoms with Gasteiger partial charge in [-0.1, -0.05) is 0 Å². The summed E-state index contributed by atoms with van der Waals surface area (Å²) >= 11 is 0. The summed E-state index contributed by atoms with van der Waals surface area (Å²) in [7, 11) is -4.80. The Morgan fingerprint density at radius 2 is 2.23 bits per heavy atom. The first-order valence-corrected chi connectivity index (χ1v) is 8.02. The normalized spacial score (nSPS) is 26.2. The van der Waals surface area contributed by atoms with Gasteiger partial charge in [-0.25, -0.2) is 10.3 Å². The number of nitrogens with zero attached hydrogens (tertiary/aromatic N) is 2. The van der Waals surface area contributed by atoms with E-state index >= 15 is 0 Å². The Kier molecular flexibility index (Phi) is 4.87. The van der Waals surface area contributed by atoms with E-state index in [1.54, 1.807) is 6.92 Å². The number of amides is 3. The summed E-state index contributed by atoms with van der Waals surface area (Å²) in [6.45, 7) is 2.00. The molecule has 2 rings (SSSR count). The van der Waals surface area contributed by atoms with Crippen LogP contribution in [0.1, 0.15) is 19.8 Å². The summed E-state index contributed by atoms with van der Waals surface area (Å²) in [5.74, 6) is -0.527. The van der Waals surface area contributed by atoms with Crippen LogP contribution < -0.4 is 11.2 Å². The van der Waals surface area contributed by atoms with Crippen LogP contribution >= 0.6 is 0 Å². The molecule has 11 nitrogen and oxygen atoms in total. The maximum Gasteiger partial charge on any atom is 0.418 e. The third-order valence-corrected chi connectivity index (χ3v) is 3.84. The average molecular weight is 338 g/mol. The van der Waals surface area contributed by atoms with Crippen LogP contribution in [0.15, 0.2) is 0 Å². The first-order valence-electron chi connectivity index (χ1n) is 6.65. The zero-order valence-corrected chi connectivity index (χ0v) is 12.7. The van der Waals surface area contributed by atoms with Gasteiger partial charge in [0.1, 0.15) is 6.04 Å². The molecule has 3 atom stereocenters. The molecular formula is C10H18N4O7S. The van der Waals surface area contributed by atoms with Gasteiger partial charge in [-0.05, 0) is 19.8 Å². The highest BCUT2D eigenvalue weighted by molar-refractivity contribution is 7.80. The van der Waals surface area contributed by atoms with Gasteiger partial charge in [0.15, 0.2) is 0 Å². The number of rotatable bonds is 6. The van der Waals surface area contributed by atoms with Crippen molar-refractivity contribution in [3.8, 4) is 0 Å². The number of hydrogen-bond donors (Lipinski definition) is 3. The molecule has 2 bridgehead atoms. The highest BCUT2D eigenvalue weighted by atomic mass is 32.3. The van der Waals surface area contributed by atoms with Crippen molar-refractivity contribution in [1.29, 1.82) is 0 Å². The topological polar surface area (TPSA) is 151 Å². The quantitative estimate of drug-likeness (QED) is 0.386. The van der Waals surface area contributed by atoms with Gasteiger partial charge in [-0.3, -0.25) is 14.2 Å². The minimum Gasteiger partial charge on any atom is -0.328 e. The molecule has 0 saturated carbocycles. The molecule has 2 fully saturated rings. The zero-order chi connectivity index (χ0) is 16.5. The van der Waals surface area contributed by atoms with Crippen molar-refractivity contribution in [3.05, 3.63) is 0 Å². The van der Waals surface area contributed by atoms with Gasteiger partial charge in [0.2, 0.25) is 0 Å². The highest BCUT2D eigenvalue weighted by Gasteiger charge is 2.49. The average Bonchev–Trinajstić information content (AvgIpc) is 2.68. The van der Waals surface area contributed by atoms with Gasteiger partial charge in [-0.15, -0.1) is 4.28 Å². The van der Waals surface area contributed by atoms with Gasteiger partial charge in [0.25, 0.3) is 5.91 Å². The van der Waals surface area contributed by atoms with Crippen LogP contribution in [0.3, 0.4) is 0 Å². The molecule has 0 radical (unpaired) electrons. The van der Waals surface area contributed by atoms with E-state index in [4.69, 9.17) is 15.1 Å². The summed E-state index contributed by atoms with van der Waals surface area (Å²) in [5.41, 5.74) is 7.58. The molecule has 12 heteroatoms. The minimum atomic E-state index is -4.80. The molecule has 126 valence electrons. The number of piperidine rings is 1. The van der Waals surface area contributed by atoms with Crippen LogP contribution in [0.5, 0.6) is 0 Å². The first-order chi connectivity index (χ1) is 10.2. The fourth-order valence-corrected chi connectivity index (χ4v) is 2.77. The van der Waals surface area contributed by atoms with Gasteiger partial charge < -0.3 is 10.6 Å². The number of carbonyl (C=O) groups is 2. The molecule has 0 aromatic carbocycles. The SMILES string of the molecule is C[C@@H](CN)ONC(=O)[C@@H]1CC[C@@H]2CN1C(=O)N2OS(=O)(=O)O. The lowest BCUT2D eigenvalue weighted by atomic mass is 10.0. The van der Waals surface area contributed by atoms with E-state index in [0.717, 1.165) is 0 Å². The molecular weight excluding hydrogens is 320 g/mol. The number of urea groups is 1. The van der Waals surface area contributed by atoms with E-state index in [2.05, 4.69) is 9.76 Å². The Morgan fingerprint density at radius 3 is 2.82 bits per heavy atom. The third kappa shape index (κ3) is 3.64. The van der Waals surface area contributed by atoms with E-state index < -0.39 is 34.4 Å². The molecule has 3 amide bonds. The fourth-order valence-electron chi connectivity index (χ4n) is 2.38. The molecule has 0 aromatic heterocycles. The molecule has 0 aliphatic carbocycles. The van der Waals surface area contributed by atoms with Crippen molar-refractivity contribution in [2.24, 2.45) is 5.73 Å². The van der Waals surface area contributed by atoms with E-state index in [1.165, 1.54) is 4.90 Å². The Balaban J connectivity index is 2.01. The molecule has 0 aromatic rings. The lowest BCUT2D eigenvalue weighted by molar-refractivity contribution is -0.142. The van der Waals surface area contributed by atoms with Gasteiger partial charge in [-0.2, -0.15) is 13.5 Å². The fraction of sp³-hybridized carbons (Fsp3) is 0.800. The van der Waals surface area contributed by atoms with Gasteiger partial charge in [0.05, 0.1) is 12.1 Å². The van der Waals surface area contributed by atoms with Gasteiger partial charge in [0, 0.05) is 13.1 Å². The van der Waals surface area contributed by atoms with Crippen LogP contribution in [0, 0.1) is 0 Å². The number of fused-ring (bicyclic) bond motifs is 2. The predicted octanol–water partition coefficient (Wildman–Crippen LogP) is -1.62. The lowest BCUT2D eigenvalue weighted by Crippen LogP contribution is -2.50. The highest BCUT2D eigenvalue weighted by Crippen LogP contribution is 2.30. The Labute approximate surface area is 127 Å². The zero-order valence-electron chi connectivity index (χ0n) is 11.8. The number of hydroxylamine groups is 3. The second-order valence-corrected chi connectivity index (χ2v) is 6.14. The van der Waals surface area contributed by atoms with Gasteiger partial charge >= 0.3 is 16.4 Å². The Bertz CT molecular complexity index is 553. The van der Waals surface area contributed by atoms with E-state index in [9.17, 15) is 18.0 Å². The summed E-state index contributed by atoms with van der Waals surface area (Å²) in [6, 6.07) is -2.14. The van der Waals surface area contributed by atoms with E-state index in [0.29, 0.717) is 17.9 Å².